The van der Waals surface area contributed by atoms with E-state index in [1.807, 2.05) is 0 Å². The van der Waals surface area contributed by atoms with E-state index in [0.29, 0.717) is 9.87 Å². The number of hydrogen-bond donors (Lipinski definition) is 0. The highest BCUT2D eigenvalue weighted by Crippen LogP contribution is 2.32. The normalized spacial score (nSPS) is 20.3. The second kappa shape index (κ2) is 5.78. The Labute approximate surface area is 133 Å². The molecule has 0 aliphatic carbocycles. The number of nitro groups is 1. The number of ether oxygens (including phenoxy) is 1. The molecule has 0 saturated carbocycles. The summed E-state index contributed by atoms with van der Waals surface area (Å²) in [7, 11) is -4.26. The van der Waals surface area contributed by atoms with E-state index in [4.69, 9.17) is 8.92 Å². The average molecular weight is 344 g/mol. The van der Waals surface area contributed by atoms with Gasteiger partial charge in [-0.3, -0.25) is 10.1 Å². The fraction of sp³-hybridized carbons (Fsp3) is 0.462. The van der Waals surface area contributed by atoms with Crippen LogP contribution in [0, 0.1) is 10.1 Å². The van der Waals surface area contributed by atoms with Gasteiger partial charge in [0.25, 0.3) is 5.69 Å². The molecule has 1 aromatic carbocycles. The van der Waals surface area contributed by atoms with Crippen molar-refractivity contribution in [2.24, 2.45) is 0 Å². The fourth-order valence-electron chi connectivity index (χ4n) is 1.92. The van der Waals surface area contributed by atoms with Gasteiger partial charge in [0.15, 0.2) is 0 Å². The molecule has 0 N–H and O–H groups in total. The summed E-state index contributed by atoms with van der Waals surface area (Å²) in [6, 6.07) is 5.25. The summed E-state index contributed by atoms with van der Waals surface area (Å²) in [4.78, 5) is 22.0. The molecule has 1 saturated heterocycles. The van der Waals surface area contributed by atoms with Crippen LogP contribution in [0.2, 0.25) is 0 Å². The molecular weight excluding hydrogens is 328 g/mol. The second-order valence-corrected chi connectivity index (χ2v) is 7.39. The molecule has 1 unspecified atom stereocenters. The molecule has 1 heterocycles. The first-order valence-electron chi connectivity index (χ1n) is 6.68. The third-order valence-electron chi connectivity index (χ3n) is 2.91. The molecule has 0 spiro atoms. The highest BCUT2D eigenvalue weighted by Gasteiger charge is 2.43. The summed E-state index contributed by atoms with van der Waals surface area (Å²) >= 11 is 0. The van der Waals surface area contributed by atoms with E-state index >= 15 is 0 Å². The van der Waals surface area contributed by atoms with Crippen LogP contribution < -0.4 is 0 Å². The Morgan fingerprint density at radius 1 is 1.35 bits per heavy atom. The van der Waals surface area contributed by atoms with Gasteiger partial charge in [-0.2, -0.15) is 12.7 Å². The topological polar surface area (TPSA) is 116 Å². The van der Waals surface area contributed by atoms with Gasteiger partial charge in [-0.1, -0.05) is 0 Å². The smallest absolute Gasteiger partial charge is 0.425 e. The summed E-state index contributed by atoms with van der Waals surface area (Å²) in [5.41, 5.74) is -0.568. The van der Waals surface area contributed by atoms with Gasteiger partial charge in [0, 0.05) is 12.1 Å². The molecule has 1 fully saturated rings. The molecule has 1 amide bonds. The first-order chi connectivity index (χ1) is 10.5. The zero-order valence-corrected chi connectivity index (χ0v) is 13.6. The molecule has 9 nitrogen and oxygen atoms in total. The summed E-state index contributed by atoms with van der Waals surface area (Å²) < 4.78 is 34.3. The first kappa shape index (κ1) is 17.2. The van der Waals surface area contributed by atoms with E-state index in [0.717, 1.165) is 0 Å². The number of rotatable bonds is 2. The van der Waals surface area contributed by atoms with Gasteiger partial charge in [0.2, 0.25) is 0 Å². The summed E-state index contributed by atoms with van der Waals surface area (Å²) in [5, 5.41) is 10.6. The standard InChI is InChI=1S/C13H16N2O7S/c1-13(2,3)21-12(16)14-8-11(22-23(14,19)20)9-4-6-10(7-5-9)15(17)18/h4-7,11H,8H2,1-3H3. The van der Waals surface area contributed by atoms with Crippen LogP contribution in [0.5, 0.6) is 0 Å². The Balaban J connectivity index is 2.19. The minimum atomic E-state index is -4.26. The molecule has 23 heavy (non-hydrogen) atoms. The van der Waals surface area contributed by atoms with Crippen LogP contribution in [0.1, 0.15) is 32.4 Å². The SMILES string of the molecule is CC(C)(C)OC(=O)N1CC(c2ccc([N+](=O)[O-])cc2)OS1(=O)=O. The van der Waals surface area contributed by atoms with Crippen LogP contribution >= 0.6 is 0 Å². The highest BCUT2D eigenvalue weighted by atomic mass is 32.2. The maximum Gasteiger partial charge on any atom is 0.425 e. The van der Waals surface area contributed by atoms with Crippen LogP contribution in [0.3, 0.4) is 0 Å². The lowest BCUT2D eigenvalue weighted by Gasteiger charge is -2.22. The Bertz CT molecular complexity index is 722. The van der Waals surface area contributed by atoms with Crippen molar-refractivity contribution in [3.8, 4) is 0 Å². The van der Waals surface area contributed by atoms with Gasteiger partial charge in [-0.15, -0.1) is 0 Å². The highest BCUT2D eigenvalue weighted by molar-refractivity contribution is 7.85. The monoisotopic (exact) mass is 344 g/mol. The van der Waals surface area contributed by atoms with E-state index in [1.165, 1.54) is 24.3 Å². The number of non-ortho nitro benzene ring substituents is 1. The Morgan fingerprint density at radius 2 is 1.91 bits per heavy atom. The number of nitro benzene ring substituents is 1. The molecule has 10 heteroatoms. The van der Waals surface area contributed by atoms with Crippen LogP contribution in [-0.4, -0.2) is 35.9 Å². The van der Waals surface area contributed by atoms with Crippen LogP contribution in [0.25, 0.3) is 0 Å². The molecule has 0 radical (unpaired) electrons. The largest absolute Gasteiger partial charge is 0.443 e. The van der Waals surface area contributed by atoms with E-state index in [1.54, 1.807) is 20.8 Å². The Kier molecular flexibility index (Phi) is 4.31. The number of amides is 1. The summed E-state index contributed by atoms with van der Waals surface area (Å²) in [5.74, 6) is 0. The molecular formula is C13H16N2O7S. The second-order valence-electron chi connectivity index (χ2n) is 5.90. The maximum atomic E-state index is 12.0. The van der Waals surface area contributed by atoms with Gasteiger partial charge in [-0.25, -0.2) is 8.98 Å². The third kappa shape index (κ3) is 3.96. The molecule has 1 aliphatic rings. The Morgan fingerprint density at radius 3 is 2.39 bits per heavy atom. The van der Waals surface area contributed by atoms with Crippen molar-refractivity contribution in [2.45, 2.75) is 32.5 Å². The number of carbonyl (C=O) groups excluding carboxylic acids is 1. The van der Waals surface area contributed by atoms with Gasteiger partial charge in [0.1, 0.15) is 11.7 Å². The molecule has 126 valence electrons. The number of benzene rings is 1. The number of carbonyl (C=O) groups is 1. The van der Waals surface area contributed by atoms with Gasteiger partial charge >= 0.3 is 16.4 Å². The minimum Gasteiger partial charge on any atom is -0.443 e. The molecule has 1 aromatic rings. The van der Waals surface area contributed by atoms with Crippen LogP contribution in [0.15, 0.2) is 24.3 Å². The lowest BCUT2D eigenvalue weighted by molar-refractivity contribution is -0.384. The lowest BCUT2D eigenvalue weighted by Crippen LogP contribution is -2.37. The van der Waals surface area contributed by atoms with E-state index in [2.05, 4.69) is 0 Å². The third-order valence-corrected chi connectivity index (χ3v) is 4.23. The maximum absolute atomic E-state index is 12.0. The van der Waals surface area contributed by atoms with Crippen LogP contribution in [0.4, 0.5) is 10.5 Å². The quantitative estimate of drug-likeness (QED) is 0.596. The summed E-state index contributed by atoms with van der Waals surface area (Å²) in [6.45, 7) is 4.59. The van der Waals surface area contributed by atoms with E-state index < -0.39 is 33.0 Å². The average Bonchev–Trinajstić information content (AvgIpc) is 2.73. The predicted octanol–water partition coefficient (Wildman–Crippen LogP) is 2.15. The van der Waals surface area contributed by atoms with Crippen molar-refractivity contribution in [3.63, 3.8) is 0 Å². The fourth-order valence-corrected chi connectivity index (χ4v) is 3.03. The molecule has 1 aliphatic heterocycles. The van der Waals surface area contributed by atoms with Crippen molar-refractivity contribution < 1.29 is 27.1 Å². The molecule has 2 rings (SSSR count). The zero-order chi connectivity index (χ0) is 17.4. The predicted molar refractivity (Wildman–Crippen MR) is 78.8 cm³/mol. The lowest BCUT2D eigenvalue weighted by atomic mass is 10.1. The molecule has 1 atom stereocenters. The number of nitrogens with zero attached hydrogens (tertiary/aromatic N) is 2. The number of hydrogen-bond acceptors (Lipinski definition) is 7. The van der Waals surface area contributed by atoms with Crippen LogP contribution in [-0.2, 0) is 19.2 Å². The first-order valence-corrected chi connectivity index (χ1v) is 8.04. The van der Waals surface area contributed by atoms with Crippen molar-refractivity contribution in [2.75, 3.05) is 6.54 Å². The van der Waals surface area contributed by atoms with Crippen molar-refractivity contribution >= 4 is 22.1 Å². The van der Waals surface area contributed by atoms with Crippen molar-refractivity contribution in [3.05, 3.63) is 39.9 Å². The van der Waals surface area contributed by atoms with Crippen molar-refractivity contribution in [1.82, 2.24) is 4.31 Å². The van der Waals surface area contributed by atoms with Gasteiger partial charge in [-0.05, 0) is 38.5 Å². The molecule has 0 aromatic heterocycles. The van der Waals surface area contributed by atoms with Gasteiger partial charge < -0.3 is 4.74 Å². The minimum absolute atomic E-state index is 0.126. The van der Waals surface area contributed by atoms with Crippen molar-refractivity contribution in [1.29, 1.82) is 0 Å². The molecule has 0 bridgehead atoms. The van der Waals surface area contributed by atoms with E-state index in [9.17, 15) is 23.3 Å². The summed E-state index contributed by atoms with van der Waals surface area (Å²) in [6.07, 6.45) is -1.96. The Hall–Kier alpha value is -2.20. The van der Waals surface area contributed by atoms with E-state index in [-0.39, 0.29) is 12.2 Å². The van der Waals surface area contributed by atoms with Gasteiger partial charge in [0.05, 0.1) is 11.5 Å². The zero-order valence-electron chi connectivity index (χ0n) is 12.8.